The van der Waals surface area contributed by atoms with Gasteiger partial charge in [0, 0.05) is 0 Å². The fourth-order valence-electron chi connectivity index (χ4n) is 1.65. The van der Waals surface area contributed by atoms with Gasteiger partial charge >= 0.3 is 6.09 Å². The first kappa shape index (κ1) is 13.5. The van der Waals surface area contributed by atoms with Crippen molar-refractivity contribution < 1.29 is 14.3 Å². The molecule has 2 amide bonds. The molecule has 0 saturated carbocycles. The van der Waals surface area contributed by atoms with Crippen LogP contribution < -0.4 is 5.32 Å². The number of amides is 2. The Balaban J connectivity index is 2.64. The maximum absolute atomic E-state index is 12.0. The average Bonchev–Trinajstić information content (AvgIpc) is 2.68. The third-order valence-electron chi connectivity index (χ3n) is 2.36. The Morgan fingerprint density at radius 3 is 2.76 bits per heavy atom. The van der Waals surface area contributed by atoms with E-state index in [0.29, 0.717) is 6.41 Å². The highest BCUT2D eigenvalue weighted by Gasteiger charge is 2.27. The van der Waals surface area contributed by atoms with Crippen LogP contribution in [0.5, 0.6) is 0 Å². The van der Waals surface area contributed by atoms with Gasteiger partial charge in [-0.1, -0.05) is 12.2 Å². The Morgan fingerprint density at radius 1 is 1.59 bits per heavy atom. The molecule has 0 aromatic carbocycles. The van der Waals surface area contributed by atoms with Gasteiger partial charge in [0.05, 0.1) is 12.7 Å². The van der Waals surface area contributed by atoms with Crippen LogP contribution in [0.15, 0.2) is 12.2 Å². The zero-order valence-electron chi connectivity index (χ0n) is 10.6. The molecule has 1 aliphatic rings. The average molecular weight is 240 g/mol. The largest absolute Gasteiger partial charge is 0.444 e. The third-order valence-corrected chi connectivity index (χ3v) is 2.36. The second kappa shape index (κ2) is 5.70. The lowest BCUT2D eigenvalue weighted by Gasteiger charge is -2.30. The van der Waals surface area contributed by atoms with Crippen LogP contribution in [0.3, 0.4) is 0 Å². The minimum Gasteiger partial charge on any atom is -0.444 e. The number of nitrogens with zero attached hydrogens (tertiary/aromatic N) is 1. The molecule has 0 fully saturated rings. The second-order valence-electron chi connectivity index (χ2n) is 5.00. The maximum Gasteiger partial charge on any atom is 0.412 e. The van der Waals surface area contributed by atoms with Crippen molar-refractivity contribution in [1.29, 1.82) is 0 Å². The number of nitrogens with one attached hydrogen (secondary N) is 1. The van der Waals surface area contributed by atoms with Crippen molar-refractivity contribution in [3.05, 3.63) is 12.2 Å². The van der Waals surface area contributed by atoms with Gasteiger partial charge in [-0.2, -0.15) is 0 Å². The molecule has 0 radical (unpaired) electrons. The van der Waals surface area contributed by atoms with Crippen LogP contribution in [-0.4, -0.2) is 35.7 Å². The molecule has 5 heteroatoms. The van der Waals surface area contributed by atoms with Gasteiger partial charge in [-0.05, 0) is 33.6 Å². The Labute approximate surface area is 102 Å². The lowest BCUT2D eigenvalue weighted by atomic mass is 10.2. The minimum absolute atomic E-state index is 0.0114. The highest BCUT2D eigenvalue weighted by molar-refractivity contribution is 5.69. The molecule has 17 heavy (non-hydrogen) atoms. The summed E-state index contributed by atoms with van der Waals surface area (Å²) in [6.07, 6.45) is 6.00. The van der Waals surface area contributed by atoms with Gasteiger partial charge in [0.25, 0.3) is 0 Å². The van der Waals surface area contributed by atoms with E-state index in [1.807, 2.05) is 32.9 Å². The number of rotatable bonds is 4. The molecular formula is C12H20N2O3. The van der Waals surface area contributed by atoms with Crippen LogP contribution in [0.4, 0.5) is 4.79 Å². The van der Waals surface area contributed by atoms with Gasteiger partial charge < -0.3 is 10.1 Å². The van der Waals surface area contributed by atoms with Gasteiger partial charge in [-0.15, -0.1) is 0 Å². The van der Waals surface area contributed by atoms with E-state index in [4.69, 9.17) is 4.74 Å². The zero-order valence-corrected chi connectivity index (χ0v) is 10.6. The molecule has 0 aromatic heterocycles. The highest BCUT2D eigenvalue weighted by atomic mass is 16.6. The quantitative estimate of drug-likeness (QED) is 0.462. The SMILES string of the molecule is CC(C)(C)OC(=O)N(CNC=O)C1C=CCC1. The molecule has 1 unspecified atom stereocenters. The number of carbonyl (C=O) groups excluding carboxylic acids is 2. The summed E-state index contributed by atoms with van der Waals surface area (Å²) in [6, 6.07) is 0.0114. The molecule has 1 atom stereocenters. The summed E-state index contributed by atoms with van der Waals surface area (Å²) >= 11 is 0. The number of hydrogen-bond donors (Lipinski definition) is 1. The fourth-order valence-corrected chi connectivity index (χ4v) is 1.65. The van der Waals surface area contributed by atoms with Gasteiger partial charge in [0.2, 0.25) is 6.41 Å². The van der Waals surface area contributed by atoms with Gasteiger partial charge in [-0.25, -0.2) is 4.79 Å². The molecule has 5 nitrogen and oxygen atoms in total. The molecule has 0 aliphatic heterocycles. The Hall–Kier alpha value is -1.52. The van der Waals surface area contributed by atoms with E-state index >= 15 is 0 Å². The van der Waals surface area contributed by atoms with Crippen LogP contribution in [0.25, 0.3) is 0 Å². The molecule has 0 saturated heterocycles. The Morgan fingerprint density at radius 2 is 2.29 bits per heavy atom. The van der Waals surface area contributed by atoms with Crippen LogP contribution in [0.1, 0.15) is 33.6 Å². The van der Waals surface area contributed by atoms with Crippen LogP contribution in [0, 0.1) is 0 Å². The van der Waals surface area contributed by atoms with E-state index in [-0.39, 0.29) is 12.7 Å². The Bertz CT molecular complexity index is 307. The van der Waals surface area contributed by atoms with E-state index in [0.717, 1.165) is 12.8 Å². The number of hydrogen-bond acceptors (Lipinski definition) is 3. The first-order valence-electron chi connectivity index (χ1n) is 5.77. The van der Waals surface area contributed by atoms with Crippen molar-refractivity contribution in [3.63, 3.8) is 0 Å². The normalized spacial score (nSPS) is 18.9. The molecular weight excluding hydrogens is 220 g/mol. The second-order valence-corrected chi connectivity index (χ2v) is 5.00. The number of allylic oxidation sites excluding steroid dienone is 1. The summed E-state index contributed by atoms with van der Waals surface area (Å²) in [7, 11) is 0. The molecule has 0 bridgehead atoms. The lowest BCUT2D eigenvalue weighted by Crippen LogP contribution is -2.46. The Kier molecular flexibility index (Phi) is 4.54. The van der Waals surface area contributed by atoms with Crippen molar-refractivity contribution in [2.24, 2.45) is 0 Å². The van der Waals surface area contributed by atoms with E-state index < -0.39 is 11.7 Å². The standard InChI is InChI=1S/C12H20N2O3/c1-12(2,3)17-11(16)14(8-13-9-15)10-6-4-5-7-10/h4,6,9-10H,5,7-8H2,1-3H3,(H,13,15). The van der Waals surface area contributed by atoms with Gasteiger partial charge in [0.15, 0.2) is 0 Å². The van der Waals surface area contributed by atoms with Crippen molar-refractivity contribution in [3.8, 4) is 0 Å². The maximum atomic E-state index is 12.0. The predicted molar refractivity (Wildman–Crippen MR) is 64.3 cm³/mol. The van der Waals surface area contributed by atoms with E-state index in [1.54, 1.807) is 0 Å². The van der Waals surface area contributed by atoms with E-state index in [2.05, 4.69) is 5.32 Å². The van der Waals surface area contributed by atoms with Crippen molar-refractivity contribution in [1.82, 2.24) is 10.2 Å². The molecule has 1 aliphatic carbocycles. The monoisotopic (exact) mass is 240 g/mol. The summed E-state index contributed by atoms with van der Waals surface area (Å²) in [6.45, 7) is 5.63. The van der Waals surface area contributed by atoms with Crippen LogP contribution >= 0.6 is 0 Å². The third kappa shape index (κ3) is 4.46. The van der Waals surface area contributed by atoms with Crippen LogP contribution in [0.2, 0.25) is 0 Å². The first-order valence-corrected chi connectivity index (χ1v) is 5.77. The van der Waals surface area contributed by atoms with Gasteiger partial charge in [0.1, 0.15) is 5.60 Å². The molecule has 1 N–H and O–H groups in total. The minimum atomic E-state index is -0.529. The molecule has 0 spiro atoms. The summed E-state index contributed by atoms with van der Waals surface area (Å²) in [5, 5.41) is 2.50. The predicted octanol–water partition coefficient (Wildman–Crippen LogP) is 1.65. The zero-order chi connectivity index (χ0) is 12.9. The van der Waals surface area contributed by atoms with E-state index in [9.17, 15) is 9.59 Å². The molecule has 0 aromatic rings. The lowest BCUT2D eigenvalue weighted by molar-refractivity contribution is -0.110. The summed E-state index contributed by atoms with van der Waals surface area (Å²) in [5.41, 5.74) is -0.529. The summed E-state index contributed by atoms with van der Waals surface area (Å²) in [5.74, 6) is 0. The smallest absolute Gasteiger partial charge is 0.412 e. The number of ether oxygens (including phenoxy) is 1. The van der Waals surface area contributed by atoms with Gasteiger partial charge in [-0.3, -0.25) is 9.69 Å². The topological polar surface area (TPSA) is 58.6 Å². The highest BCUT2D eigenvalue weighted by Crippen LogP contribution is 2.18. The van der Waals surface area contributed by atoms with E-state index in [1.165, 1.54) is 4.90 Å². The summed E-state index contributed by atoms with van der Waals surface area (Å²) < 4.78 is 5.31. The first-order chi connectivity index (χ1) is 7.94. The van der Waals surface area contributed by atoms with Crippen molar-refractivity contribution in [2.75, 3.05) is 6.67 Å². The fraction of sp³-hybridized carbons (Fsp3) is 0.667. The number of carbonyl (C=O) groups is 2. The summed E-state index contributed by atoms with van der Waals surface area (Å²) in [4.78, 5) is 23.8. The molecule has 0 heterocycles. The molecule has 96 valence electrons. The van der Waals surface area contributed by atoms with Crippen LogP contribution in [-0.2, 0) is 9.53 Å². The van der Waals surface area contributed by atoms with Crippen molar-refractivity contribution in [2.45, 2.75) is 45.3 Å². The molecule has 1 rings (SSSR count). The van der Waals surface area contributed by atoms with Crippen molar-refractivity contribution >= 4 is 12.5 Å².